The third-order valence-corrected chi connectivity index (χ3v) is 5.94. The molecule has 2 aliphatic rings. The van der Waals surface area contributed by atoms with Gasteiger partial charge in [0.05, 0.1) is 13.0 Å². The summed E-state index contributed by atoms with van der Waals surface area (Å²) in [5, 5.41) is 3.03. The highest BCUT2D eigenvalue weighted by atomic mass is 16.5. The third kappa shape index (κ3) is 5.71. The maximum absolute atomic E-state index is 12.4. The van der Waals surface area contributed by atoms with Gasteiger partial charge in [-0.25, -0.2) is 0 Å². The minimum absolute atomic E-state index is 0.0119. The van der Waals surface area contributed by atoms with Crippen molar-refractivity contribution in [1.82, 2.24) is 15.1 Å². The summed E-state index contributed by atoms with van der Waals surface area (Å²) in [5.41, 5.74) is 1.05. The summed E-state index contributed by atoms with van der Waals surface area (Å²) in [7, 11) is 1.63. The fourth-order valence-electron chi connectivity index (χ4n) is 4.00. The number of piperidine rings is 1. The molecule has 2 saturated heterocycles. The average Bonchev–Trinajstić information content (AvgIpc) is 3.07. The van der Waals surface area contributed by atoms with Gasteiger partial charge in [-0.15, -0.1) is 0 Å². The standard InChI is InChI=1S/C22H33N3O3/c1-17-8-12-24(13-9-17)11-3-10-23-22(27)19-14-21(26)25(16-19)15-18-4-6-20(28-2)7-5-18/h4-7,17,19H,3,8-16H2,1-2H3,(H,23,27). The van der Waals surface area contributed by atoms with E-state index >= 15 is 0 Å². The van der Waals surface area contributed by atoms with Crippen LogP contribution in [0.15, 0.2) is 24.3 Å². The molecule has 28 heavy (non-hydrogen) atoms. The Bertz CT molecular complexity index is 653. The van der Waals surface area contributed by atoms with E-state index in [0.717, 1.165) is 30.2 Å². The van der Waals surface area contributed by atoms with E-state index in [9.17, 15) is 9.59 Å². The van der Waals surface area contributed by atoms with Gasteiger partial charge in [0.2, 0.25) is 11.8 Å². The molecule has 1 aromatic carbocycles. The lowest BCUT2D eigenvalue weighted by molar-refractivity contribution is -0.129. The second-order valence-electron chi connectivity index (χ2n) is 8.19. The largest absolute Gasteiger partial charge is 0.497 e. The van der Waals surface area contributed by atoms with Crippen LogP contribution in [-0.2, 0) is 16.1 Å². The molecule has 0 radical (unpaired) electrons. The van der Waals surface area contributed by atoms with Crippen LogP contribution in [0.3, 0.4) is 0 Å². The molecule has 0 aliphatic carbocycles. The van der Waals surface area contributed by atoms with Gasteiger partial charge in [0, 0.05) is 26.1 Å². The summed E-state index contributed by atoms with van der Waals surface area (Å²) in [6.07, 6.45) is 3.84. The first-order valence-electron chi connectivity index (χ1n) is 10.5. The lowest BCUT2D eigenvalue weighted by Crippen LogP contribution is -2.37. The maximum atomic E-state index is 12.4. The minimum atomic E-state index is -0.235. The number of amides is 2. The molecule has 1 aromatic rings. The summed E-state index contributed by atoms with van der Waals surface area (Å²) in [6, 6.07) is 7.70. The number of nitrogens with zero attached hydrogens (tertiary/aromatic N) is 2. The molecule has 1 atom stereocenters. The lowest BCUT2D eigenvalue weighted by Gasteiger charge is -2.30. The normalized spacial score (nSPS) is 21.1. The highest BCUT2D eigenvalue weighted by Crippen LogP contribution is 2.21. The molecule has 0 bridgehead atoms. The van der Waals surface area contributed by atoms with Gasteiger partial charge >= 0.3 is 0 Å². The highest BCUT2D eigenvalue weighted by Gasteiger charge is 2.34. The molecule has 1 N–H and O–H groups in total. The van der Waals surface area contributed by atoms with Crippen LogP contribution >= 0.6 is 0 Å². The van der Waals surface area contributed by atoms with Crippen molar-refractivity contribution in [3.05, 3.63) is 29.8 Å². The molecule has 0 saturated carbocycles. The summed E-state index contributed by atoms with van der Waals surface area (Å²) >= 11 is 0. The Morgan fingerprint density at radius 3 is 2.61 bits per heavy atom. The second-order valence-corrected chi connectivity index (χ2v) is 8.19. The topological polar surface area (TPSA) is 61.9 Å². The van der Waals surface area contributed by atoms with Gasteiger partial charge in [-0.2, -0.15) is 0 Å². The Morgan fingerprint density at radius 2 is 1.93 bits per heavy atom. The van der Waals surface area contributed by atoms with E-state index in [1.54, 1.807) is 12.0 Å². The van der Waals surface area contributed by atoms with Crippen molar-refractivity contribution < 1.29 is 14.3 Å². The van der Waals surface area contributed by atoms with Crippen LogP contribution in [0.4, 0.5) is 0 Å². The van der Waals surface area contributed by atoms with Crippen LogP contribution in [0.5, 0.6) is 5.75 Å². The van der Waals surface area contributed by atoms with Crippen molar-refractivity contribution in [1.29, 1.82) is 0 Å². The number of benzene rings is 1. The third-order valence-electron chi connectivity index (χ3n) is 5.94. The van der Waals surface area contributed by atoms with Gasteiger partial charge in [0.1, 0.15) is 5.75 Å². The molecule has 2 aliphatic heterocycles. The molecule has 0 spiro atoms. The molecule has 1 unspecified atom stereocenters. The maximum Gasteiger partial charge on any atom is 0.225 e. The quantitative estimate of drug-likeness (QED) is 0.695. The van der Waals surface area contributed by atoms with E-state index in [-0.39, 0.29) is 17.7 Å². The highest BCUT2D eigenvalue weighted by molar-refractivity contribution is 5.89. The number of rotatable bonds is 8. The van der Waals surface area contributed by atoms with Crippen LogP contribution < -0.4 is 10.1 Å². The summed E-state index contributed by atoms with van der Waals surface area (Å²) in [5.74, 6) is 1.47. The molecule has 6 heteroatoms. The first-order chi connectivity index (χ1) is 13.5. The van der Waals surface area contributed by atoms with E-state index in [4.69, 9.17) is 4.74 Å². The van der Waals surface area contributed by atoms with E-state index in [2.05, 4.69) is 17.1 Å². The number of hydrogen-bond donors (Lipinski definition) is 1. The number of ether oxygens (including phenoxy) is 1. The number of carbonyl (C=O) groups excluding carboxylic acids is 2. The summed E-state index contributed by atoms with van der Waals surface area (Å²) < 4.78 is 5.16. The molecule has 0 aromatic heterocycles. The van der Waals surface area contributed by atoms with Gasteiger partial charge in [0.15, 0.2) is 0 Å². The van der Waals surface area contributed by atoms with E-state index < -0.39 is 0 Å². The predicted octanol–water partition coefficient (Wildman–Crippen LogP) is 2.28. The Labute approximate surface area is 168 Å². The smallest absolute Gasteiger partial charge is 0.225 e. The van der Waals surface area contributed by atoms with Gasteiger partial charge in [-0.05, 0) is 62.5 Å². The zero-order chi connectivity index (χ0) is 19.9. The molecule has 6 nitrogen and oxygen atoms in total. The van der Waals surface area contributed by atoms with Gasteiger partial charge in [0.25, 0.3) is 0 Å². The van der Waals surface area contributed by atoms with Crippen molar-refractivity contribution in [3.63, 3.8) is 0 Å². The van der Waals surface area contributed by atoms with Gasteiger partial charge in [-0.1, -0.05) is 19.1 Å². The molecular formula is C22H33N3O3. The van der Waals surface area contributed by atoms with Crippen molar-refractivity contribution in [3.8, 4) is 5.75 Å². The van der Waals surface area contributed by atoms with Crippen LogP contribution in [0.1, 0.15) is 38.2 Å². The monoisotopic (exact) mass is 387 g/mol. The SMILES string of the molecule is COc1ccc(CN2CC(C(=O)NCCCN3CCC(C)CC3)CC2=O)cc1. The molecule has 3 rings (SSSR count). The zero-order valence-corrected chi connectivity index (χ0v) is 17.2. The molecule has 154 valence electrons. The van der Waals surface area contributed by atoms with Crippen molar-refractivity contribution >= 4 is 11.8 Å². The number of likely N-dealkylation sites (tertiary alicyclic amines) is 2. The zero-order valence-electron chi connectivity index (χ0n) is 17.2. The summed E-state index contributed by atoms with van der Waals surface area (Å²) in [4.78, 5) is 29.0. The molecular weight excluding hydrogens is 354 g/mol. The van der Waals surface area contributed by atoms with Crippen molar-refractivity contribution in [2.75, 3.05) is 39.8 Å². The van der Waals surface area contributed by atoms with Gasteiger partial charge in [-0.3, -0.25) is 9.59 Å². The number of hydrogen-bond acceptors (Lipinski definition) is 4. The van der Waals surface area contributed by atoms with Crippen LogP contribution in [0.25, 0.3) is 0 Å². The first-order valence-corrected chi connectivity index (χ1v) is 10.5. The van der Waals surface area contributed by atoms with E-state index in [1.807, 2.05) is 24.3 Å². The van der Waals surface area contributed by atoms with Gasteiger partial charge < -0.3 is 19.9 Å². The predicted molar refractivity (Wildman–Crippen MR) is 109 cm³/mol. The Morgan fingerprint density at radius 1 is 1.21 bits per heavy atom. The average molecular weight is 388 g/mol. The van der Waals surface area contributed by atoms with Crippen LogP contribution in [-0.4, -0.2) is 61.4 Å². The summed E-state index contributed by atoms with van der Waals surface area (Å²) in [6.45, 7) is 7.44. The Kier molecular flexibility index (Phi) is 7.31. The fourth-order valence-corrected chi connectivity index (χ4v) is 4.00. The number of methoxy groups -OCH3 is 1. The lowest BCUT2D eigenvalue weighted by atomic mass is 9.99. The number of carbonyl (C=O) groups is 2. The molecule has 2 amide bonds. The van der Waals surface area contributed by atoms with Crippen molar-refractivity contribution in [2.45, 2.75) is 39.2 Å². The number of nitrogens with one attached hydrogen (secondary N) is 1. The van der Waals surface area contributed by atoms with Crippen molar-refractivity contribution in [2.24, 2.45) is 11.8 Å². The minimum Gasteiger partial charge on any atom is -0.497 e. The molecule has 2 heterocycles. The fraction of sp³-hybridized carbons (Fsp3) is 0.636. The first kappa shape index (κ1) is 20.6. The van der Waals surface area contributed by atoms with E-state index in [1.165, 1.54) is 25.9 Å². The Balaban J connectivity index is 1.37. The van der Waals surface area contributed by atoms with E-state index in [0.29, 0.717) is 26.1 Å². The molecule has 2 fully saturated rings. The second kappa shape index (κ2) is 9.92. The van der Waals surface area contributed by atoms with Crippen LogP contribution in [0.2, 0.25) is 0 Å². The van der Waals surface area contributed by atoms with Crippen LogP contribution in [0, 0.1) is 11.8 Å². The Hall–Kier alpha value is -2.08.